The van der Waals surface area contributed by atoms with E-state index in [9.17, 15) is 0 Å². The van der Waals surface area contributed by atoms with Crippen molar-refractivity contribution in [1.29, 1.82) is 0 Å². The fourth-order valence-corrected chi connectivity index (χ4v) is 2.05. The number of aromatic nitrogens is 1. The van der Waals surface area contributed by atoms with E-state index in [1.807, 2.05) is 36.6 Å². The Morgan fingerprint density at radius 1 is 1.33 bits per heavy atom. The molecule has 1 heterocycles. The predicted molar refractivity (Wildman–Crippen MR) is 63.7 cm³/mol. The fraction of sp³-hybridized carbons (Fsp3) is 0.182. The SMILES string of the molecule is CCOc1ccc(-c2csc(Cl)n2)cc1. The summed E-state index contributed by atoms with van der Waals surface area (Å²) in [6.45, 7) is 2.65. The number of ether oxygens (including phenoxy) is 1. The highest BCUT2D eigenvalue weighted by Gasteiger charge is 2.02. The van der Waals surface area contributed by atoms with Gasteiger partial charge in [-0.05, 0) is 31.2 Å². The van der Waals surface area contributed by atoms with E-state index < -0.39 is 0 Å². The normalized spacial score (nSPS) is 10.3. The lowest BCUT2D eigenvalue weighted by Crippen LogP contribution is -1.90. The maximum Gasteiger partial charge on any atom is 0.184 e. The van der Waals surface area contributed by atoms with Crippen LogP contribution in [0, 0.1) is 0 Å². The predicted octanol–water partition coefficient (Wildman–Crippen LogP) is 3.86. The van der Waals surface area contributed by atoms with E-state index in [1.54, 1.807) is 0 Å². The van der Waals surface area contributed by atoms with Gasteiger partial charge in [-0.1, -0.05) is 11.6 Å². The first-order valence-corrected chi connectivity index (χ1v) is 5.89. The molecule has 0 unspecified atom stereocenters. The molecule has 0 radical (unpaired) electrons. The average Bonchev–Trinajstić information content (AvgIpc) is 2.67. The van der Waals surface area contributed by atoms with Gasteiger partial charge in [0.25, 0.3) is 0 Å². The summed E-state index contributed by atoms with van der Waals surface area (Å²) >= 11 is 7.21. The molecule has 0 fully saturated rings. The molecule has 2 aromatic rings. The van der Waals surface area contributed by atoms with Gasteiger partial charge in [-0.15, -0.1) is 11.3 Å². The van der Waals surface area contributed by atoms with Crippen LogP contribution in [0.5, 0.6) is 5.75 Å². The van der Waals surface area contributed by atoms with Gasteiger partial charge in [-0.3, -0.25) is 0 Å². The summed E-state index contributed by atoms with van der Waals surface area (Å²) in [5, 5.41) is 1.94. The van der Waals surface area contributed by atoms with Crippen LogP contribution in [0.4, 0.5) is 0 Å². The fourth-order valence-electron chi connectivity index (χ4n) is 1.27. The summed E-state index contributed by atoms with van der Waals surface area (Å²) in [6.07, 6.45) is 0. The van der Waals surface area contributed by atoms with Crippen molar-refractivity contribution >= 4 is 22.9 Å². The van der Waals surface area contributed by atoms with Crippen LogP contribution in [0.25, 0.3) is 11.3 Å². The molecule has 0 bridgehead atoms. The smallest absolute Gasteiger partial charge is 0.184 e. The molecule has 0 N–H and O–H groups in total. The Labute approximate surface area is 97.5 Å². The Balaban J connectivity index is 2.23. The first-order chi connectivity index (χ1) is 7.29. The molecule has 0 atom stereocenters. The van der Waals surface area contributed by atoms with Crippen LogP contribution in [-0.4, -0.2) is 11.6 Å². The number of hydrogen-bond donors (Lipinski definition) is 0. The molecule has 2 rings (SSSR count). The molecular formula is C11H10ClNOS. The number of hydrogen-bond acceptors (Lipinski definition) is 3. The minimum absolute atomic E-state index is 0.568. The largest absolute Gasteiger partial charge is 0.494 e. The van der Waals surface area contributed by atoms with E-state index in [2.05, 4.69) is 4.98 Å². The molecule has 0 aliphatic heterocycles. The lowest BCUT2D eigenvalue weighted by atomic mass is 10.2. The lowest BCUT2D eigenvalue weighted by molar-refractivity contribution is 0.340. The van der Waals surface area contributed by atoms with Gasteiger partial charge >= 0.3 is 0 Å². The maximum atomic E-state index is 5.77. The minimum Gasteiger partial charge on any atom is -0.494 e. The Kier molecular flexibility index (Phi) is 3.23. The third kappa shape index (κ3) is 2.49. The monoisotopic (exact) mass is 239 g/mol. The molecule has 0 aliphatic rings. The molecule has 4 heteroatoms. The van der Waals surface area contributed by atoms with Crippen molar-refractivity contribution < 1.29 is 4.74 Å². The van der Waals surface area contributed by atoms with Crippen LogP contribution in [0.15, 0.2) is 29.6 Å². The minimum atomic E-state index is 0.568. The van der Waals surface area contributed by atoms with Crippen molar-refractivity contribution in [3.8, 4) is 17.0 Å². The van der Waals surface area contributed by atoms with Crippen molar-refractivity contribution in [3.05, 3.63) is 34.1 Å². The van der Waals surface area contributed by atoms with Gasteiger partial charge in [0.1, 0.15) is 5.75 Å². The van der Waals surface area contributed by atoms with Crippen molar-refractivity contribution in [2.75, 3.05) is 6.61 Å². The van der Waals surface area contributed by atoms with Crippen LogP contribution in [0.1, 0.15) is 6.92 Å². The maximum absolute atomic E-state index is 5.77. The van der Waals surface area contributed by atoms with Gasteiger partial charge in [0.15, 0.2) is 4.47 Å². The first kappa shape index (κ1) is 10.5. The van der Waals surface area contributed by atoms with Crippen LogP contribution in [0.3, 0.4) is 0 Å². The molecule has 1 aromatic carbocycles. The van der Waals surface area contributed by atoms with E-state index in [4.69, 9.17) is 16.3 Å². The summed E-state index contributed by atoms with van der Waals surface area (Å²) in [5.41, 5.74) is 1.97. The van der Waals surface area contributed by atoms with Crippen molar-refractivity contribution in [2.45, 2.75) is 6.92 Å². The molecule has 0 amide bonds. The van der Waals surface area contributed by atoms with Crippen molar-refractivity contribution in [3.63, 3.8) is 0 Å². The van der Waals surface area contributed by atoms with Gasteiger partial charge in [0.05, 0.1) is 12.3 Å². The summed E-state index contributed by atoms with van der Waals surface area (Å²) in [5.74, 6) is 0.877. The zero-order valence-corrected chi connectivity index (χ0v) is 9.81. The average molecular weight is 240 g/mol. The van der Waals surface area contributed by atoms with Gasteiger partial charge in [0.2, 0.25) is 0 Å². The van der Waals surface area contributed by atoms with Gasteiger partial charge in [-0.25, -0.2) is 4.98 Å². The third-order valence-electron chi connectivity index (χ3n) is 1.94. The quantitative estimate of drug-likeness (QED) is 0.812. The van der Waals surface area contributed by atoms with Crippen LogP contribution < -0.4 is 4.74 Å². The first-order valence-electron chi connectivity index (χ1n) is 4.64. The second-order valence-corrected chi connectivity index (χ2v) is 4.38. The van der Waals surface area contributed by atoms with Crippen LogP contribution >= 0.6 is 22.9 Å². The molecule has 0 saturated carbocycles. The number of halogens is 1. The van der Waals surface area contributed by atoms with E-state index in [0.717, 1.165) is 17.0 Å². The summed E-state index contributed by atoms with van der Waals surface area (Å²) in [6, 6.07) is 7.84. The molecule has 0 aliphatic carbocycles. The second kappa shape index (κ2) is 4.64. The van der Waals surface area contributed by atoms with Crippen LogP contribution in [-0.2, 0) is 0 Å². The highest BCUT2D eigenvalue weighted by atomic mass is 35.5. The number of rotatable bonds is 3. The summed E-state index contributed by atoms with van der Waals surface area (Å²) in [7, 11) is 0. The number of thiazole rings is 1. The number of benzene rings is 1. The van der Waals surface area contributed by atoms with E-state index in [1.165, 1.54) is 11.3 Å². The summed E-state index contributed by atoms with van der Waals surface area (Å²) in [4.78, 5) is 4.20. The molecule has 15 heavy (non-hydrogen) atoms. The molecule has 0 spiro atoms. The zero-order chi connectivity index (χ0) is 10.7. The standard InChI is InChI=1S/C11H10ClNOS/c1-2-14-9-5-3-8(4-6-9)10-7-15-11(12)13-10/h3-7H,2H2,1H3. The highest BCUT2D eigenvalue weighted by Crippen LogP contribution is 2.26. The Morgan fingerprint density at radius 2 is 2.07 bits per heavy atom. The highest BCUT2D eigenvalue weighted by molar-refractivity contribution is 7.14. The van der Waals surface area contributed by atoms with E-state index >= 15 is 0 Å². The Hall–Kier alpha value is -1.06. The lowest BCUT2D eigenvalue weighted by Gasteiger charge is -2.02. The van der Waals surface area contributed by atoms with Gasteiger partial charge in [0, 0.05) is 10.9 Å². The second-order valence-electron chi connectivity index (χ2n) is 2.94. The van der Waals surface area contributed by atoms with Crippen LogP contribution in [0.2, 0.25) is 4.47 Å². The van der Waals surface area contributed by atoms with Gasteiger partial charge in [-0.2, -0.15) is 0 Å². The van der Waals surface area contributed by atoms with E-state index in [0.29, 0.717) is 11.1 Å². The summed E-state index contributed by atoms with van der Waals surface area (Å²) < 4.78 is 5.93. The van der Waals surface area contributed by atoms with Crippen molar-refractivity contribution in [2.24, 2.45) is 0 Å². The van der Waals surface area contributed by atoms with Gasteiger partial charge < -0.3 is 4.74 Å². The number of nitrogens with zero attached hydrogens (tertiary/aromatic N) is 1. The Bertz CT molecular complexity index is 438. The molecular weight excluding hydrogens is 230 g/mol. The molecule has 1 aromatic heterocycles. The zero-order valence-electron chi connectivity index (χ0n) is 8.24. The molecule has 0 saturated heterocycles. The molecule has 2 nitrogen and oxygen atoms in total. The van der Waals surface area contributed by atoms with Crippen molar-refractivity contribution in [1.82, 2.24) is 4.98 Å². The topological polar surface area (TPSA) is 22.1 Å². The third-order valence-corrected chi connectivity index (χ3v) is 2.92. The Morgan fingerprint density at radius 3 is 2.60 bits per heavy atom. The molecule has 78 valence electrons. The van der Waals surface area contributed by atoms with E-state index in [-0.39, 0.29) is 0 Å².